The number of hydrogen-bond acceptors (Lipinski definition) is 3. The van der Waals surface area contributed by atoms with Crippen molar-refractivity contribution in [2.45, 2.75) is 20.3 Å². The van der Waals surface area contributed by atoms with Gasteiger partial charge in [-0.1, -0.05) is 20.3 Å². The topological polar surface area (TPSA) is 38.7 Å². The van der Waals surface area contributed by atoms with Gasteiger partial charge in [-0.2, -0.15) is 0 Å². The maximum atomic E-state index is 8.28. The Morgan fingerprint density at radius 2 is 2.10 bits per heavy atom. The van der Waals surface area contributed by atoms with Crippen LogP contribution in [0.3, 0.4) is 0 Å². The van der Waals surface area contributed by atoms with Gasteiger partial charge in [-0.05, 0) is 5.92 Å². The molecule has 0 saturated heterocycles. The standard InChI is InChI=1S/C7H16O3/c1-3-7(2)6-10-9-5-4-8/h7-8H,3-6H2,1-2H3. The maximum Gasteiger partial charge on any atom is 0.105 e. The van der Waals surface area contributed by atoms with E-state index in [0.717, 1.165) is 6.42 Å². The van der Waals surface area contributed by atoms with Crippen LogP contribution in [0.2, 0.25) is 0 Å². The molecule has 0 aromatic heterocycles. The van der Waals surface area contributed by atoms with Gasteiger partial charge in [-0.3, -0.25) is 0 Å². The minimum Gasteiger partial charge on any atom is -0.394 e. The van der Waals surface area contributed by atoms with E-state index in [9.17, 15) is 0 Å². The summed E-state index contributed by atoms with van der Waals surface area (Å²) in [6.45, 7) is 5.07. The lowest BCUT2D eigenvalue weighted by Crippen LogP contribution is -2.07. The maximum absolute atomic E-state index is 8.28. The first-order valence-corrected chi connectivity index (χ1v) is 3.66. The van der Waals surface area contributed by atoms with Gasteiger partial charge in [0.15, 0.2) is 0 Å². The summed E-state index contributed by atoms with van der Waals surface area (Å²) in [6.07, 6.45) is 1.09. The molecule has 0 aliphatic carbocycles. The average Bonchev–Trinajstić information content (AvgIpc) is 1.98. The van der Waals surface area contributed by atoms with Crippen LogP contribution in [0.25, 0.3) is 0 Å². The van der Waals surface area contributed by atoms with Crippen molar-refractivity contribution in [3.05, 3.63) is 0 Å². The summed E-state index contributed by atoms with van der Waals surface area (Å²) < 4.78 is 0. The first-order valence-electron chi connectivity index (χ1n) is 3.66. The quantitative estimate of drug-likeness (QED) is 0.346. The van der Waals surface area contributed by atoms with Crippen molar-refractivity contribution in [2.75, 3.05) is 19.8 Å². The van der Waals surface area contributed by atoms with Crippen LogP contribution in [0, 0.1) is 5.92 Å². The number of rotatable bonds is 6. The van der Waals surface area contributed by atoms with Gasteiger partial charge in [-0.25, -0.2) is 9.78 Å². The van der Waals surface area contributed by atoms with E-state index >= 15 is 0 Å². The molecule has 3 nitrogen and oxygen atoms in total. The Morgan fingerprint density at radius 3 is 2.60 bits per heavy atom. The minimum atomic E-state index is 0.0144. The highest BCUT2D eigenvalue weighted by Crippen LogP contribution is 2.00. The SMILES string of the molecule is CCC(C)COOCCO. The Hall–Kier alpha value is -0.120. The number of aliphatic hydroxyl groups is 1. The summed E-state index contributed by atoms with van der Waals surface area (Å²) in [5.74, 6) is 0.527. The zero-order valence-corrected chi connectivity index (χ0v) is 6.67. The monoisotopic (exact) mass is 148 g/mol. The molecular formula is C7H16O3. The van der Waals surface area contributed by atoms with Crippen molar-refractivity contribution < 1.29 is 14.9 Å². The molecule has 0 fully saturated rings. The van der Waals surface area contributed by atoms with Crippen LogP contribution in [0.4, 0.5) is 0 Å². The molecule has 1 atom stereocenters. The van der Waals surface area contributed by atoms with Crippen LogP contribution in [0.5, 0.6) is 0 Å². The van der Waals surface area contributed by atoms with E-state index in [1.54, 1.807) is 0 Å². The Labute approximate surface area is 61.9 Å². The van der Waals surface area contributed by atoms with E-state index < -0.39 is 0 Å². The zero-order chi connectivity index (χ0) is 7.82. The largest absolute Gasteiger partial charge is 0.394 e. The second-order valence-electron chi connectivity index (χ2n) is 2.34. The highest BCUT2D eigenvalue weighted by molar-refractivity contribution is 4.43. The number of aliphatic hydroxyl groups excluding tert-OH is 1. The first-order chi connectivity index (χ1) is 4.81. The Bertz CT molecular complexity index is 65.9. The molecule has 0 rings (SSSR count). The summed E-state index contributed by atoms with van der Waals surface area (Å²) >= 11 is 0. The van der Waals surface area contributed by atoms with Crippen molar-refractivity contribution in [3.63, 3.8) is 0 Å². The molecule has 0 heterocycles. The molecule has 0 saturated carbocycles. The van der Waals surface area contributed by atoms with Gasteiger partial charge in [0.25, 0.3) is 0 Å². The fourth-order valence-corrected chi connectivity index (χ4v) is 0.378. The molecule has 3 heteroatoms. The molecule has 0 amide bonds. The summed E-state index contributed by atoms with van der Waals surface area (Å²) in [7, 11) is 0. The lowest BCUT2D eigenvalue weighted by Gasteiger charge is -2.06. The van der Waals surface area contributed by atoms with Crippen molar-refractivity contribution >= 4 is 0 Å². The molecule has 1 unspecified atom stereocenters. The van der Waals surface area contributed by atoms with Crippen molar-refractivity contribution in [2.24, 2.45) is 5.92 Å². The summed E-state index contributed by atoms with van der Waals surface area (Å²) in [6, 6.07) is 0. The molecule has 1 N–H and O–H groups in total. The van der Waals surface area contributed by atoms with Crippen LogP contribution in [0.15, 0.2) is 0 Å². The normalized spacial score (nSPS) is 13.5. The van der Waals surface area contributed by atoms with Gasteiger partial charge >= 0.3 is 0 Å². The van der Waals surface area contributed by atoms with E-state index in [1.165, 1.54) is 0 Å². The Kier molecular flexibility index (Phi) is 6.91. The van der Waals surface area contributed by atoms with Crippen molar-refractivity contribution in [1.82, 2.24) is 0 Å². The van der Waals surface area contributed by atoms with Crippen LogP contribution < -0.4 is 0 Å². The average molecular weight is 148 g/mol. The summed E-state index contributed by atoms with van der Waals surface area (Å²) in [4.78, 5) is 9.37. The molecule has 0 aliphatic heterocycles. The molecule has 62 valence electrons. The lowest BCUT2D eigenvalue weighted by molar-refractivity contribution is -0.303. The van der Waals surface area contributed by atoms with Crippen LogP contribution in [0.1, 0.15) is 20.3 Å². The molecule has 0 aliphatic rings. The molecule has 10 heavy (non-hydrogen) atoms. The van der Waals surface area contributed by atoms with Crippen LogP contribution in [-0.2, 0) is 9.78 Å². The zero-order valence-electron chi connectivity index (χ0n) is 6.67. The van der Waals surface area contributed by atoms with Gasteiger partial charge in [0.05, 0.1) is 13.2 Å². The van der Waals surface area contributed by atoms with Crippen molar-refractivity contribution in [1.29, 1.82) is 0 Å². The van der Waals surface area contributed by atoms with E-state index in [2.05, 4.69) is 18.7 Å². The van der Waals surface area contributed by atoms with E-state index in [-0.39, 0.29) is 13.2 Å². The van der Waals surface area contributed by atoms with Gasteiger partial charge in [0.2, 0.25) is 0 Å². The van der Waals surface area contributed by atoms with E-state index in [0.29, 0.717) is 12.5 Å². The van der Waals surface area contributed by atoms with Crippen LogP contribution in [-0.4, -0.2) is 24.9 Å². The predicted octanol–water partition coefficient (Wildman–Crippen LogP) is 0.973. The third-order valence-electron chi connectivity index (χ3n) is 1.31. The second-order valence-corrected chi connectivity index (χ2v) is 2.34. The Balaban J connectivity index is 2.89. The highest BCUT2D eigenvalue weighted by atomic mass is 17.2. The molecule has 0 spiro atoms. The fraction of sp³-hybridized carbons (Fsp3) is 1.00. The first kappa shape index (κ1) is 9.88. The van der Waals surface area contributed by atoms with Gasteiger partial charge in [0, 0.05) is 0 Å². The summed E-state index contributed by atoms with van der Waals surface area (Å²) in [5.41, 5.74) is 0. The molecule has 0 aromatic carbocycles. The summed E-state index contributed by atoms with van der Waals surface area (Å²) in [5, 5.41) is 8.28. The molecule has 0 bridgehead atoms. The molecule has 0 radical (unpaired) electrons. The van der Waals surface area contributed by atoms with Gasteiger partial charge < -0.3 is 5.11 Å². The molecular weight excluding hydrogens is 132 g/mol. The predicted molar refractivity (Wildman–Crippen MR) is 38.4 cm³/mol. The molecule has 0 aromatic rings. The third-order valence-corrected chi connectivity index (χ3v) is 1.31. The highest BCUT2D eigenvalue weighted by Gasteiger charge is 1.97. The van der Waals surface area contributed by atoms with E-state index in [4.69, 9.17) is 9.99 Å². The number of hydrogen-bond donors (Lipinski definition) is 1. The lowest BCUT2D eigenvalue weighted by atomic mass is 10.1. The van der Waals surface area contributed by atoms with Gasteiger partial charge in [0.1, 0.15) is 6.61 Å². The second kappa shape index (κ2) is 6.99. The fourth-order valence-electron chi connectivity index (χ4n) is 0.378. The van der Waals surface area contributed by atoms with Gasteiger partial charge in [-0.15, -0.1) is 0 Å². The van der Waals surface area contributed by atoms with Crippen molar-refractivity contribution in [3.8, 4) is 0 Å². The van der Waals surface area contributed by atoms with Crippen LogP contribution >= 0.6 is 0 Å². The third kappa shape index (κ3) is 6.01. The van der Waals surface area contributed by atoms with E-state index in [1.807, 2.05) is 0 Å². The minimum absolute atomic E-state index is 0.0144. The smallest absolute Gasteiger partial charge is 0.105 e. The Morgan fingerprint density at radius 1 is 1.40 bits per heavy atom.